The summed E-state index contributed by atoms with van der Waals surface area (Å²) in [5.74, 6) is -1.39. The third kappa shape index (κ3) is 12.2. The van der Waals surface area contributed by atoms with Gasteiger partial charge in [0, 0.05) is 28.4 Å². The molecule has 0 saturated heterocycles. The molecule has 0 heterocycles. The van der Waals surface area contributed by atoms with Crippen molar-refractivity contribution in [2.75, 3.05) is 35.0 Å². The van der Waals surface area contributed by atoms with Crippen molar-refractivity contribution in [3.05, 3.63) is 0 Å². The highest BCUT2D eigenvalue weighted by Gasteiger charge is 2.56. The van der Waals surface area contributed by atoms with E-state index in [9.17, 15) is 0 Å². The Balaban J connectivity index is 6.98. The average molecular weight is 559 g/mol. The van der Waals surface area contributed by atoms with Crippen molar-refractivity contribution in [1.29, 1.82) is 0 Å². The molecule has 3 atom stereocenters. The summed E-state index contributed by atoms with van der Waals surface area (Å²) in [7, 11) is -1.80. The van der Waals surface area contributed by atoms with Crippen LogP contribution >= 0.6 is 0 Å². The standard InChI is InChI=1S/C22H54O8Si4/c1-23-21(24-2)22(25-3,26-4)20(30-34(14,15)16)19(29-33(11,12)13)18(28-32(8,9)10)17-27-31(5,6)7/h18-21H,17H2,1-16H3/t18-,19-,20+/m0/s1. The number of methoxy groups -OCH3 is 4. The van der Waals surface area contributed by atoms with E-state index in [0.29, 0.717) is 6.61 Å². The molecular formula is C22H54O8Si4. The molecule has 0 aromatic heterocycles. The van der Waals surface area contributed by atoms with Gasteiger partial charge in [0.1, 0.15) is 12.2 Å². The van der Waals surface area contributed by atoms with Crippen LogP contribution in [0.1, 0.15) is 0 Å². The summed E-state index contributed by atoms with van der Waals surface area (Å²) in [6.07, 6.45) is -2.47. The Labute approximate surface area is 213 Å². The van der Waals surface area contributed by atoms with E-state index in [1.165, 1.54) is 0 Å². The van der Waals surface area contributed by atoms with Gasteiger partial charge in [-0.3, -0.25) is 0 Å². The number of hydrogen-bond acceptors (Lipinski definition) is 8. The van der Waals surface area contributed by atoms with Crippen LogP contribution in [0, 0.1) is 0 Å². The molecule has 0 aliphatic carbocycles. The van der Waals surface area contributed by atoms with Crippen LogP contribution in [0.25, 0.3) is 0 Å². The van der Waals surface area contributed by atoms with Gasteiger partial charge in [0.25, 0.3) is 0 Å². The Hall–Kier alpha value is 0.548. The molecule has 0 aromatic carbocycles. The molecule has 0 amide bonds. The Bertz CT molecular complexity index is 573. The molecule has 0 fully saturated rings. The number of rotatable bonds is 17. The highest BCUT2D eigenvalue weighted by Crippen LogP contribution is 2.35. The fourth-order valence-corrected chi connectivity index (χ4v) is 7.48. The first kappa shape index (κ1) is 34.5. The lowest BCUT2D eigenvalue weighted by atomic mass is 9.99. The summed E-state index contributed by atoms with van der Waals surface area (Å²) in [6, 6.07) is 0. The summed E-state index contributed by atoms with van der Waals surface area (Å²) in [5, 5.41) is 0. The van der Waals surface area contributed by atoms with Gasteiger partial charge in [0.05, 0.1) is 12.7 Å². The molecule has 0 rings (SSSR count). The minimum Gasteiger partial charge on any atom is -0.415 e. The van der Waals surface area contributed by atoms with Gasteiger partial charge in [-0.25, -0.2) is 0 Å². The van der Waals surface area contributed by atoms with Gasteiger partial charge in [-0.1, -0.05) is 0 Å². The topological polar surface area (TPSA) is 73.8 Å². The van der Waals surface area contributed by atoms with Crippen molar-refractivity contribution in [1.82, 2.24) is 0 Å². The van der Waals surface area contributed by atoms with Crippen molar-refractivity contribution in [3.8, 4) is 0 Å². The third-order valence-corrected chi connectivity index (χ3v) is 8.59. The van der Waals surface area contributed by atoms with Gasteiger partial charge < -0.3 is 36.7 Å². The maximum absolute atomic E-state index is 6.87. The monoisotopic (exact) mass is 558 g/mol. The van der Waals surface area contributed by atoms with Gasteiger partial charge in [0.2, 0.25) is 12.1 Å². The van der Waals surface area contributed by atoms with Crippen molar-refractivity contribution >= 4 is 33.3 Å². The fourth-order valence-electron chi connectivity index (χ4n) is 3.55. The minimum absolute atomic E-state index is 0.384. The molecule has 0 N–H and O–H groups in total. The Morgan fingerprint density at radius 1 is 0.559 bits per heavy atom. The van der Waals surface area contributed by atoms with Gasteiger partial charge >= 0.3 is 0 Å². The van der Waals surface area contributed by atoms with E-state index in [1.54, 1.807) is 28.4 Å². The molecule has 0 spiro atoms. The molecule has 0 bridgehead atoms. The maximum atomic E-state index is 6.87. The first-order valence-electron chi connectivity index (χ1n) is 12.0. The first-order chi connectivity index (χ1) is 15.1. The highest BCUT2D eigenvalue weighted by atomic mass is 28.4. The van der Waals surface area contributed by atoms with E-state index in [2.05, 4.69) is 78.6 Å². The van der Waals surface area contributed by atoms with E-state index in [-0.39, 0.29) is 6.10 Å². The quantitative estimate of drug-likeness (QED) is 0.180. The van der Waals surface area contributed by atoms with Crippen LogP contribution in [0.2, 0.25) is 78.6 Å². The highest BCUT2D eigenvalue weighted by molar-refractivity contribution is 6.71. The average Bonchev–Trinajstić information content (AvgIpc) is 2.63. The lowest BCUT2D eigenvalue weighted by molar-refractivity contribution is -0.365. The zero-order valence-electron chi connectivity index (χ0n) is 24.8. The van der Waals surface area contributed by atoms with Crippen molar-refractivity contribution < 1.29 is 36.7 Å². The van der Waals surface area contributed by atoms with E-state index < -0.39 is 57.6 Å². The predicted octanol–water partition coefficient (Wildman–Crippen LogP) is 5.11. The van der Waals surface area contributed by atoms with E-state index in [4.69, 9.17) is 36.7 Å². The fraction of sp³-hybridized carbons (Fsp3) is 1.00. The first-order valence-corrected chi connectivity index (χ1v) is 25.6. The van der Waals surface area contributed by atoms with E-state index >= 15 is 0 Å². The van der Waals surface area contributed by atoms with Crippen LogP contribution in [0.15, 0.2) is 0 Å². The molecule has 206 valence electrons. The second-order valence-corrected chi connectivity index (χ2v) is 30.4. The predicted molar refractivity (Wildman–Crippen MR) is 149 cm³/mol. The molecule has 12 heteroatoms. The van der Waals surface area contributed by atoms with Crippen LogP contribution in [0.3, 0.4) is 0 Å². The SMILES string of the molecule is COC(OC)C(OC)(OC)[C@H](O[Si](C)(C)C)[C@@H](O[Si](C)(C)C)[C@H](CO[Si](C)(C)C)O[Si](C)(C)C. The molecule has 0 aliphatic heterocycles. The summed E-state index contributed by atoms with van der Waals surface area (Å²) < 4.78 is 50.3. The van der Waals surface area contributed by atoms with Gasteiger partial charge in [-0.2, -0.15) is 0 Å². The van der Waals surface area contributed by atoms with Crippen LogP contribution in [-0.2, 0) is 36.7 Å². The largest absolute Gasteiger partial charge is 0.415 e. The number of hydrogen-bond donors (Lipinski definition) is 0. The summed E-state index contributed by atoms with van der Waals surface area (Å²) in [5.41, 5.74) is 0. The summed E-state index contributed by atoms with van der Waals surface area (Å²) >= 11 is 0. The van der Waals surface area contributed by atoms with E-state index in [1.807, 2.05) is 0 Å². The second kappa shape index (κ2) is 13.4. The lowest BCUT2D eigenvalue weighted by Gasteiger charge is -2.49. The molecule has 0 saturated carbocycles. The minimum atomic E-state index is -2.15. The molecular weight excluding hydrogens is 505 g/mol. The Morgan fingerprint density at radius 3 is 1.26 bits per heavy atom. The van der Waals surface area contributed by atoms with Crippen LogP contribution in [0.5, 0.6) is 0 Å². The summed E-state index contributed by atoms with van der Waals surface area (Å²) in [6.45, 7) is 26.3. The van der Waals surface area contributed by atoms with Crippen LogP contribution in [-0.4, -0.2) is 98.7 Å². The Kier molecular flexibility index (Phi) is 13.6. The maximum Gasteiger partial charge on any atom is 0.248 e. The molecule has 8 nitrogen and oxygen atoms in total. The van der Waals surface area contributed by atoms with Crippen LogP contribution in [0.4, 0.5) is 0 Å². The van der Waals surface area contributed by atoms with Gasteiger partial charge in [-0.05, 0) is 78.6 Å². The number of ether oxygens (including phenoxy) is 4. The molecule has 34 heavy (non-hydrogen) atoms. The molecule has 0 unspecified atom stereocenters. The molecule has 0 aliphatic rings. The third-order valence-electron chi connectivity index (χ3n) is 4.61. The zero-order chi connectivity index (χ0) is 27.2. The van der Waals surface area contributed by atoms with E-state index in [0.717, 1.165) is 0 Å². The van der Waals surface area contributed by atoms with Crippen molar-refractivity contribution in [2.45, 2.75) is 109 Å². The van der Waals surface area contributed by atoms with Crippen molar-refractivity contribution in [3.63, 3.8) is 0 Å². The van der Waals surface area contributed by atoms with Crippen molar-refractivity contribution in [2.24, 2.45) is 0 Å². The second-order valence-electron chi connectivity index (χ2n) is 12.5. The molecule has 0 radical (unpaired) electrons. The lowest BCUT2D eigenvalue weighted by Crippen LogP contribution is -2.67. The van der Waals surface area contributed by atoms with Gasteiger partial charge in [0.15, 0.2) is 33.3 Å². The summed E-state index contributed by atoms with van der Waals surface area (Å²) in [4.78, 5) is 0. The van der Waals surface area contributed by atoms with Crippen LogP contribution < -0.4 is 0 Å². The molecule has 0 aromatic rings. The van der Waals surface area contributed by atoms with Gasteiger partial charge in [-0.15, -0.1) is 0 Å². The smallest absolute Gasteiger partial charge is 0.248 e. The Morgan fingerprint density at radius 2 is 0.971 bits per heavy atom. The normalized spacial score (nSPS) is 17.2. The zero-order valence-corrected chi connectivity index (χ0v) is 28.8.